The number of anilines is 1. The SMILES string of the molecule is CCOc1ccc2nc(NC(=O)CN3CCC(C(=O)NC)CC3)sc2c1. The van der Waals surface area contributed by atoms with Gasteiger partial charge in [-0.2, -0.15) is 0 Å². The number of ether oxygens (including phenoxy) is 1. The fourth-order valence-electron chi connectivity index (χ4n) is 3.13. The second kappa shape index (κ2) is 8.46. The Morgan fingerprint density at radius 3 is 2.81 bits per heavy atom. The molecule has 0 aliphatic carbocycles. The minimum absolute atomic E-state index is 0.0584. The van der Waals surface area contributed by atoms with Gasteiger partial charge in [0.2, 0.25) is 11.8 Å². The van der Waals surface area contributed by atoms with Crippen molar-refractivity contribution in [1.29, 1.82) is 0 Å². The van der Waals surface area contributed by atoms with Gasteiger partial charge in [0.1, 0.15) is 5.75 Å². The van der Waals surface area contributed by atoms with Crippen molar-refractivity contribution in [3.8, 4) is 5.75 Å². The van der Waals surface area contributed by atoms with Gasteiger partial charge in [0, 0.05) is 13.0 Å². The molecule has 1 saturated heterocycles. The number of nitrogens with zero attached hydrogens (tertiary/aromatic N) is 2. The van der Waals surface area contributed by atoms with Crippen LogP contribution < -0.4 is 15.4 Å². The van der Waals surface area contributed by atoms with E-state index in [-0.39, 0.29) is 17.7 Å². The van der Waals surface area contributed by atoms with Gasteiger partial charge >= 0.3 is 0 Å². The van der Waals surface area contributed by atoms with E-state index in [2.05, 4.69) is 20.5 Å². The zero-order valence-corrected chi connectivity index (χ0v) is 15.9. The Kier molecular flexibility index (Phi) is 6.05. The maximum atomic E-state index is 12.3. The van der Waals surface area contributed by atoms with Crippen LogP contribution in [0.2, 0.25) is 0 Å². The summed E-state index contributed by atoms with van der Waals surface area (Å²) in [6.07, 6.45) is 1.57. The molecule has 0 atom stereocenters. The van der Waals surface area contributed by atoms with Crippen LogP contribution >= 0.6 is 11.3 Å². The fourth-order valence-corrected chi connectivity index (χ4v) is 4.04. The van der Waals surface area contributed by atoms with E-state index in [1.807, 2.05) is 25.1 Å². The third-order valence-corrected chi connectivity index (χ3v) is 5.42. The Morgan fingerprint density at radius 1 is 1.35 bits per heavy atom. The molecule has 2 heterocycles. The number of hydrogen-bond donors (Lipinski definition) is 2. The molecule has 26 heavy (non-hydrogen) atoms. The van der Waals surface area contributed by atoms with Gasteiger partial charge in [-0.05, 0) is 51.1 Å². The summed E-state index contributed by atoms with van der Waals surface area (Å²) in [5.41, 5.74) is 0.847. The lowest BCUT2D eigenvalue weighted by Gasteiger charge is -2.30. The van der Waals surface area contributed by atoms with Crippen molar-refractivity contribution < 1.29 is 14.3 Å². The lowest BCUT2D eigenvalue weighted by molar-refractivity contribution is -0.126. The summed E-state index contributed by atoms with van der Waals surface area (Å²) in [5, 5.41) is 6.17. The molecule has 8 heteroatoms. The summed E-state index contributed by atoms with van der Waals surface area (Å²) in [7, 11) is 1.66. The van der Waals surface area contributed by atoms with E-state index >= 15 is 0 Å². The number of likely N-dealkylation sites (tertiary alicyclic amines) is 1. The average Bonchev–Trinajstić information content (AvgIpc) is 3.03. The Labute approximate surface area is 156 Å². The van der Waals surface area contributed by atoms with Crippen molar-refractivity contribution in [3.05, 3.63) is 18.2 Å². The maximum absolute atomic E-state index is 12.3. The first-order valence-corrected chi connectivity index (χ1v) is 9.68. The summed E-state index contributed by atoms with van der Waals surface area (Å²) in [4.78, 5) is 30.5. The summed E-state index contributed by atoms with van der Waals surface area (Å²) >= 11 is 1.44. The number of thiazole rings is 1. The summed E-state index contributed by atoms with van der Waals surface area (Å²) in [5.74, 6) is 0.881. The molecule has 1 aliphatic rings. The van der Waals surface area contributed by atoms with Crippen molar-refractivity contribution in [2.24, 2.45) is 5.92 Å². The predicted molar refractivity (Wildman–Crippen MR) is 103 cm³/mol. The van der Waals surface area contributed by atoms with Crippen LogP contribution in [-0.2, 0) is 9.59 Å². The van der Waals surface area contributed by atoms with Gasteiger partial charge in [-0.15, -0.1) is 0 Å². The average molecular weight is 376 g/mol. The lowest BCUT2D eigenvalue weighted by atomic mass is 9.96. The molecular formula is C18H24N4O3S. The minimum Gasteiger partial charge on any atom is -0.494 e. The molecule has 2 amide bonds. The molecule has 7 nitrogen and oxygen atoms in total. The zero-order chi connectivity index (χ0) is 18.5. The molecule has 0 radical (unpaired) electrons. The molecule has 0 spiro atoms. The Balaban J connectivity index is 1.53. The van der Waals surface area contributed by atoms with Crippen molar-refractivity contribution in [2.45, 2.75) is 19.8 Å². The first kappa shape index (κ1) is 18.6. The topological polar surface area (TPSA) is 83.6 Å². The molecule has 3 rings (SSSR count). The number of fused-ring (bicyclic) bond motifs is 1. The highest BCUT2D eigenvalue weighted by Crippen LogP contribution is 2.29. The van der Waals surface area contributed by atoms with Crippen molar-refractivity contribution in [2.75, 3.05) is 38.6 Å². The first-order chi connectivity index (χ1) is 12.6. The van der Waals surface area contributed by atoms with E-state index in [1.165, 1.54) is 11.3 Å². The largest absolute Gasteiger partial charge is 0.494 e. The zero-order valence-electron chi connectivity index (χ0n) is 15.1. The minimum atomic E-state index is -0.0764. The van der Waals surface area contributed by atoms with Gasteiger partial charge in [0.25, 0.3) is 0 Å². The van der Waals surface area contributed by atoms with Crippen molar-refractivity contribution in [3.63, 3.8) is 0 Å². The second-order valence-corrected chi connectivity index (χ2v) is 7.33. The van der Waals surface area contributed by atoms with Gasteiger partial charge < -0.3 is 15.4 Å². The molecule has 1 aromatic heterocycles. The third kappa shape index (κ3) is 4.50. The van der Waals surface area contributed by atoms with Crippen LogP contribution in [0.4, 0.5) is 5.13 Å². The van der Waals surface area contributed by atoms with Crippen LogP contribution in [0.3, 0.4) is 0 Å². The number of rotatable bonds is 6. The van der Waals surface area contributed by atoms with Gasteiger partial charge in [-0.3, -0.25) is 14.5 Å². The number of nitrogens with one attached hydrogen (secondary N) is 2. The Morgan fingerprint density at radius 2 is 2.12 bits per heavy atom. The van der Waals surface area contributed by atoms with Crippen molar-refractivity contribution >= 4 is 38.5 Å². The number of carbonyl (C=O) groups excluding carboxylic acids is 2. The van der Waals surface area contributed by atoms with Crippen LogP contribution in [0, 0.1) is 5.92 Å². The Bertz CT molecular complexity index is 784. The Hall–Kier alpha value is -2.19. The van der Waals surface area contributed by atoms with Gasteiger partial charge in [0.15, 0.2) is 5.13 Å². The summed E-state index contributed by atoms with van der Waals surface area (Å²) in [6, 6.07) is 5.72. The van der Waals surface area contributed by atoms with Crippen molar-refractivity contribution in [1.82, 2.24) is 15.2 Å². The van der Waals surface area contributed by atoms with Crippen LogP contribution in [-0.4, -0.2) is 55.0 Å². The summed E-state index contributed by atoms with van der Waals surface area (Å²) in [6.45, 7) is 4.39. The lowest BCUT2D eigenvalue weighted by Crippen LogP contribution is -2.42. The molecular weight excluding hydrogens is 352 g/mol. The van der Waals surface area contributed by atoms with E-state index in [0.29, 0.717) is 18.3 Å². The number of benzene rings is 1. The smallest absolute Gasteiger partial charge is 0.240 e. The molecule has 1 fully saturated rings. The van der Waals surface area contributed by atoms with Crippen LogP contribution in [0.5, 0.6) is 5.75 Å². The first-order valence-electron chi connectivity index (χ1n) is 8.86. The number of carbonyl (C=O) groups is 2. The van der Waals surface area contributed by atoms with E-state index in [9.17, 15) is 9.59 Å². The van der Waals surface area contributed by atoms with Crippen LogP contribution in [0.1, 0.15) is 19.8 Å². The highest BCUT2D eigenvalue weighted by molar-refractivity contribution is 7.22. The standard InChI is InChI=1S/C18H24N4O3S/c1-3-25-13-4-5-14-15(10-13)26-18(20-14)21-16(23)11-22-8-6-12(7-9-22)17(24)19-2/h4-5,10,12H,3,6-9,11H2,1-2H3,(H,19,24)(H,20,21,23). The van der Waals surface area contributed by atoms with E-state index < -0.39 is 0 Å². The third-order valence-electron chi connectivity index (χ3n) is 4.49. The quantitative estimate of drug-likeness (QED) is 0.807. The highest BCUT2D eigenvalue weighted by Gasteiger charge is 2.25. The monoisotopic (exact) mass is 376 g/mol. The summed E-state index contributed by atoms with van der Waals surface area (Å²) < 4.78 is 6.48. The number of hydrogen-bond acceptors (Lipinski definition) is 6. The van der Waals surface area contributed by atoms with Crippen LogP contribution in [0.15, 0.2) is 18.2 Å². The number of aromatic nitrogens is 1. The second-order valence-electron chi connectivity index (χ2n) is 6.29. The van der Waals surface area contributed by atoms with E-state index in [4.69, 9.17) is 4.74 Å². The molecule has 1 aliphatic heterocycles. The van der Waals surface area contributed by atoms with E-state index in [1.54, 1.807) is 7.05 Å². The number of piperidine rings is 1. The van der Waals surface area contributed by atoms with Gasteiger partial charge in [-0.25, -0.2) is 4.98 Å². The molecule has 2 N–H and O–H groups in total. The molecule has 0 saturated carbocycles. The molecule has 1 aromatic carbocycles. The van der Waals surface area contributed by atoms with Crippen LogP contribution in [0.25, 0.3) is 10.2 Å². The normalized spacial score (nSPS) is 15.8. The molecule has 0 bridgehead atoms. The number of amides is 2. The maximum Gasteiger partial charge on any atom is 0.240 e. The fraction of sp³-hybridized carbons (Fsp3) is 0.500. The molecule has 2 aromatic rings. The van der Waals surface area contributed by atoms with Gasteiger partial charge in [-0.1, -0.05) is 11.3 Å². The highest BCUT2D eigenvalue weighted by atomic mass is 32.1. The molecule has 140 valence electrons. The molecule has 0 unspecified atom stereocenters. The van der Waals surface area contributed by atoms with E-state index in [0.717, 1.165) is 41.9 Å². The predicted octanol–water partition coefficient (Wildman–Crippen LogP) is 2.09. The van der Waals surface area contributed by atoms with Gasteiger partial charge in [0.05, 0.1) is 23.4 Å².